The van der Waals surface area contributed by atoms with Crippen molar-refractivity contribution in [2.24, 2.45) is 0 Å². The Morgan fingerprint density at radius 1 is 1.00 bits per heavy atom. The van der Waals surface area contributed by atoms with Gasteiger partial charge in [0.15, 0.2) is 0 Å². The van der Waals surface area contributed by atoms with Crippen LogP contribution in [0.1, 0.15) is 17.2 Å². The Bertz CT molecular complexity index is 682. The van der Waals surface area contributed by atoms with Crippen molar-refractivity contribution in [2.75, 3.05) is 6.54 Å². The van der Waals surface area contributed by atoms with Crippen molar-refractivity contribution in [3.8, 4) is 0 Å². The van der Waals surface area contributed by atoms with Gasteiger partial charge in [0.1, 0.15) is 0 Å². The molecule has 0 aliphatic carbocycles. The number of hydrogen-bond acceptors (Lipinski definition) is 3. The highest BCUT2D eigenvalue weighted by Crippen LogP contribution is 2.11. The lowest BCUT2D eigenvalue weighted by Gasteiger charge is -2.11. The van der Waals surface area contributed by atoms with Crippen molar-refractivity contribution in [2.45, 2.75) is 6.10 Å². The van der Waals surface area contributed by atoms with Crippen molar-refractivity contribution in [3.05, 3.63) is 77.2 Å². The van der Waals surface area contributed by atoms with Crippen molar-refractivity contribution in [3.63, 3.8) is 0 Å². The topological polar surface area (TPSA) is 66.4 Å². The van der Waals surface area contributed by atoms with Gasteiger partial charge in [-0.3, -0.25) is 0 Å². The summed E-state index contributed by atoms with van der Waals surface area (Å²) in [4.78, 5) is 0. The van der Waals surface area contributed by atoms with Crippen molar-refractivity contribution >= 4 is 16.1 Å². The monoisotopic (exact) mass is 303 g/mol. The normalized spacial score (nSPS) is 13.4. The summed E-state index contributed by atoms with van der Waals surface area (Å²) in [6.07, 6.45) is 0.642. The van der Waals surface area contributed by atoms with Gasteiger partial charge in [0.2, 0.25) is 10.0 Å². The average Bonchev–Trinajstić information content (AvgIpc) is 2.53. The van der Waals surface area contributed by atoms with Crippen LogP contribution in [0.5, 0.6) is 0 Å². The van der Waals surface area contributed by atoms with E-state index in [0.717, 1.165) is 11.0 Å². The molecule has 2 N–H and O–H groups in total. The molecule has 0 saturated heterocycles. The fourth-order valence-corrected chi connectivity index (χ4v) is 2.59. The Kier molecular flexibility index (Phi) is 5.27. The smallest absolute Gasteiger partial charge is 0.233 e. The SMILES string of the molecule is O=S(=O)(/C=C/c1ccccc1)NCC(O)c1ccccc1. The minimum atomic E-state index is -3.57. The number of sulfonamides is 1. The van der Waals surface area contributed by atoms with E-state index in [1.807, 2.05) is 36.4 Å². The van der Waals surface area contributed by atoms with Crippen LogP contribution in [-0.2, 0) is 10.0 Å². The molecule has 2 rings (SSSR count). The van der Waals surface area contributed by atoms with Gasteiger partial charge in [-0.25, -0.2) is 13.1 Å². The standard InChI is InChI=1S/C16H17NO3S/c18-16(15-9-5-2-6-10-15)13-17-21(19,20)12-11-14-7-3-1-4-8-14/h1-12,16-18H,13H2/b12-11+. The molecular weight excluding hydrogens is 286 g/mol. The van der Waals surface area contributed by atoms with E-state index >= 15 is 0 Å². The van der Waals surface area contributed by atoms with E-state index in [2.05, 4.69) is 4.72 Å². The first kappa shape index (κ1) is 15.4. The molecule has 4 nitrogen and oxygen atoms in total. The third-order valence-corrected chi connectivity index (χ3v) is 3.96. The highest BCUT2D eigenvalue weighted by molar-refractivity contribution is 7.92. The molecule has 0 fully saturated rings. The van der Waals surface area contributed by atoms with Crippen LogP contribution in [-0.4, -0.2) is 20.1 Å². The molecule has 2 aromatic rings. The van der Waals surface area contributed by atoms with Gasteiger partial charge in [-0.1, -0.05) is 60.7 Å². The average molecular weight is 303 g/mol. The van der Waals surface area contributed by atoms with E-state index in [1.165, 1.54) is 6.08 Å². The number of aliphatic hydroxyl groups excluding tert-OH is 1. The molecule has 0 spiro atoms. The molecule has 1 atom stereocenters. The van der Waals surface area contributed by atoms with Crippen LogP contribution in [0.4, 0.5) is 0 Å². The second kappa shape index (κ2) is 7.17. The van der Waals surface area contributed by atoms with Crippen molar-refractivity contribution in [1.82, 2.24) is 4.72 Å². The van der Waals surface area contributed by atoms with Gasteiger partial charge in [-0.05, 0) is 17.2 Å². The highest BCUT2D eigenvalue weighted by Gasteiger charge is 2.11. The van der Waals surface area contributed by atoms with Gasteiger partial charge in [-0.2, -0.15) is 0 Å². The lowest BCUT2D eigenvalue weighted by atomic mass is 10.1. The summed E-state index contributed by atoms with van der Waals surface area (Å²) in [6, 6.07) is 18.1. The summed E-state index contributed by atoms with van der Waals surface area (Å²) < 4.78 is 26.0. The molecule has 5 heteroatoms. The van der Waals surface area contributed by atoms with Crippen LogP contribution in [0.15, 0.2) is 66.1 Å². The maximum absolute atomic E-state index is 11.8. The van der Waals surface area contributed by atoms with Gasteiger partial charge in [0, 0.05) is 12.0 Å². The molecule has 21 heavy (non-hydrogen) atoms. The first-order chi connectivity index (χ1) is 10.1. The summed E-state index contributed by atoms with van der Waals surface area (Å²) in [6.45, 7) is -0.0640. The molecule has 0 saturated carbocycles. The summed E-state index contributed by atoms with van der Waals surface area (Å²) in [5.74, 6) is 0. The maximum Gasteiger partial charge on any atom is 0.233 e. The highest BCUT2D eigenvalue weighted by atomic mass is 32.2. The summed E-state index contributed by atoms with van der Waals surface area (Å²) in [7, 11) is -3.57. The van der Waals surface area contributed by atoms with E-state index in [-0.39, 0.29) is 6.54 Å². The summed E-state index contributed by atoms with van der Waals surface area (Å²) in [5, 5.41) is 11.0. The second-order valence-electron chi connectivity index (χ2n) is 4.53. The number of benzene rings is 2. The van der Waals surface area contributed by atoms with Gasteiger partial charge < -0.3 is 5.11 Å². The summed E-state index contributed by atoms with van der Waals surface area (Å²) >= 11 is 0. The van der Waals surface area contributed by atoms with Gasteiger partial charge in [0.25, 0.3) is 0 Å². The lowest BCUT2D eigenvalue weighted by molar-refractivity contribution is 0.182. The molecule has 2 aromatic carbocycles. The molecule has 0 aliphatic rings. The van der Waals surface area contributed by atoms with E-state index in [9.17, 15) is 13.5 Å². The molecule has 1 unspecified atom stereocenters. The lowest BCUT2D eigenvalue weighted by Crippen LogP contribution is -2.26. The minimum Gasteiger partial charge on any atom is -0.387 e. The quantitative estimate of drug-likeness (QED) is 0.860. The van der Waals surface area contributed by atoms with Crippen LogP contribution in [0.2, 0.25) is 0 Å². The predicted molar refractivity (Wildman–Crippen MR) is 83.8 cm³/mol. The van der Waals surface area contributed by atoms with Gasteiger partial charge >= 0.3 is 0 Å². The third-order valence-electron chi connectivity index (χ3n) is 2.90. The number of aliphatic hydroxyl groups is 1. The molecule has 0 bridgehead atoms. The minimum absolute atomic E-state index is 0.0640. The Labute approximate surface area is 124 Å². The fraction of sp³-hybridized carbons (Fsp3) is 0.125. The zero-order valence-electron chi connectivity index (χ0n) is 11.4. The largest absolute Gasteiger partial charge is 0.387 e. The number of nitrogens with one attached hydrogen (secondary N) is 1. The Morgan fingerprint density at radius 3 is 2.19 bits per heavy atom. The van der Waals surface area contributed by atoms with Gasteiger partial charge in [0.05, 0.1) is 6.10 Å². The van der Waals surface area contributed by atoms with Crippen LogP contribution in [0, 0.1) is 0 Å². The Morgan fingerprint density at radius 2 is 1.57 bits per heavy atom. The molecule has 0 aliphatic heterocycles. The van der Waals surface area contributed by atoms with Crippen LogP contribution in [0.3, 0.4) is 0 Å². The second-order valence-corrected chi connectivity index (χ2v) is 6.18. The first-order valence-corrected chi connectivity index (χ1v) is 8.07. The first-order valence-electron chi connectivity index (χ1n) is 6.53. The van der Waals surface area contributed by atoms with Crippen LogP contribution < -0.4 is 4.72 Å². The third kappa shape index (κ3) is 5.15. The molecular formula is C16H17NO3S. The Balaban J connectivity index is 1.94. The number of hydrogen-bond donors (Lipinski definition) is 2. The Hall–Kier alpha value is -1.95. The fourth-order valence-electron chi connectivity index (χ4n) is 1.77. The van der Waals surface area contributed by atoms with Gasteiger partial charge in [-0.15, -0.1) is 0 Å². The molecule has 0 heterocycles. The zero-order chi connectivity index (χ0) is 15.1. The molecule has 110 valence electrons. The van der Waals surface area contributed by atoms with Crippen LogP contribution >= 0.6 is 0 Å². The summed E-state index contributed by atoms with van der Waals surface area (Å²) in [5.41, 5.74) is 1.47. The van der Waals surface area contributed by atoms with E-state index in [1.54, 1.807) is 24.3 Å². The van der Waals surface area contributed by atoms with E-state index < -0.39 is 16.1 Å². The zero-order valence-corrected chi connectivity index (χ0v) is 12.2. The van der Waals surface area contributed by atoms with E-state index in [4.69, 9.17) is 0 Å². The van der Waals surface area contributed by atoms with Crippen LogP contribution in [0.25, 0.3) is 6.08 Å². The maximum atomic E-state index is 11.8. The molecule has 0 radical (unpaired) electrons. The van der Waals surface area contributed by atoms with Crippen molar-refractivity contribution in [1.29, 1.82) is 0 Å². The van der Waals surface area contributed by atoms with Crippen molar-refractivity contribution < 1.29 is 13.5 Å². The molecule has 0 amide bonds. The number of rotatable bonds is 6. The predicted octanol–water partition coefficient (Wildman–Crippen LogP) is 2.31. The van der Waals surface area contributed by atoms with E-state index in [0.29, 0.717) is 5.56 Å². The molecule has 0 aromatic heterocycles.